The average Bonchev–Trinajstić information content (AvgIpc) is 4.18. The lowest BCUT2D eigenvalue weighted by molar-refractivity contribution is 0.0696. The van der Waals surface area contributed by atoms with E-state index in [9.17, 15) is 9.59 Å². The number of rotatable bonds is 11. The van der Waals surface area contributed by atoms with Crippen LogP contribution in [0.4, 0.5) is 0 Å². The highest BCUT2D eigenvalue weighted by Gasteiger charge is 2.24. The van der Waals surface area contributed by atoms with Crippen LogP contribution >= 0.6 is 0 Å². The van der Waals surface area contributed by atoms with Crippen molar-refractivity contribution in [3.63, 3.8) is 0 Å². The summed E-state index contributed by atoms with van der Waals surface area (Å²) in [7, 11) is 3.22. The topological polar surface area (TPSA) is 215 Å². The first-order valence-electron chi connectivity index (χ1n) is 18.8. The number of hydrogen-bond acceptors (Lipinski definition) is 13. The molecule has 0 radical (unpaired) electrons. The Labute approximate surface area is 336 Å². The first kappa shape index (κ1) is 38.5. The molecule has 8 aromatic rings. The molecule has 0 saturated heterocycles. The molecule has 2 aliphatic rings. The molecule has 59 heavy (non-hydrogen) atoms. The van der Waals surface area contributed by atoms with Crippen LogP contribution in [0.25, 0.3) is 33.1 Å². The van der Waals surface area contributed by atoms with Gasteiger partial charge in [-0.2, -0.15) is 0 Å². The van der Waals surface area contributed by atoms with E-state index in [0.29, 0.717) is 57.8 Å². The Kier molecular flexibility index (Phi) is 11.1. The lowest BCUT2D eigenvalue weighted by atomic mass is 10.2. The van der Waals surface area contributed by atoms with Crippen LogP contribution < -0.4 is 30.0 Å². The van der Waals surface area contributed by atoms with Gasteiger partial charge in [-0.05, 0) is 86.3 Å². The van der Waals surface area contributed by atoms with E-state index >= 15 is 0 Å². The second kappa shape index (κ2) is 17.0. The number of carbonyl (C=O) groups is 2. The van der Waals surface area contributed by atoms with Crippen molar-refractivity contribution < 1.29 is 33.6 Å². The monoisotopic (exact) mass is 796 g/mol. The minimum absolute atomic E-state index is 0.0796. The molecule has 1 amide bonds. The Morgan fingerprint density at radius 3 is 1.64 bits per heavy atom. The number of fused-ring (bicyclic) bond motifs is 4. The number of aromatic nitrogens is 8. The molecule has 17 nitrogen and oxygen atoms in total. The second-order valence-corrected chi connectivity index (χ2v) is 13.9. The van der Waals surface area contributed by atoms with Crippen molar-refractivity contribution in [1.29, 1.82) is 0 Å². The SMILES string of the molecule is COc1ccc2c(OCc3nnc4ccc(C(=O)NC5CC5)cn34)ccnc2c1.COc1ccc2c(OCc3nnc4ccc(C(=O)O)cn34)ccnc2c1.NC1CC1. The highest BCUT2D eigenvalue weighted by molar-refractivity contribution is 5.94. The number of amides is 1. The van der Waals surface area contributed by atoms with Gasteiger partial charge in [0.25, 0.3) is 5.91 Å². The minimum Gasteiger partial charge on any atom is -0.497 e. The van der Waals surface area contributed by atoms with E-state index in [2.05, 4.69) is 35.7 Å². The summed E-state index contributed by atoms with van der Waals surface area (Å²) in [5, 5.41) is 30.3. The number of nitrogens with zero attached hydrogens (tertiary/aromatic N) is 8. The number of benzene rings is 2. The number of carboxylic acids is 1. The van der Waals surface area contributed by atoms with Gasteiger partial charge in [0.15, 0.2) is 22.9 Å². The third kappa shape index (κ3) is 9.10. The first-order chi connectivity index (χ1) is 28.8. The van der Waals surface area contributed by atoms with Crippen molar-refractivity contribution in [3.05, 3.63) is 120 Å². The number of aromatic carboxylic acids is 1. The molecule has 2 saturated carbocycles. The quantitative estimate of drug-likeness (QED) is 0.149. The predicted octanol–water partition coefficient (Wildman–Crippen LogP) is 5.43. The maximum absolute atomic E-state index is 12.3. The zero-order chi connectivity index (χ0) is 40.9. The number of hydrogen-bond donors (Lipinski definition) is 3. The van der Waals surface area contributed by atoms with Crippen LogP contribution in [0.5, 0.6) is 23.0 Å². The van der Waals surface area contributed by atoms with Gasteiger partial charge < -0.3 is 35.1 Å². The average molecular weight is 797 g/mol. The Morgan fingerprint density at radius 2 is 1.19 bits per heavy atom. The number of nitrogens with two attached hydrogens (primary N) is 1. The number of carbonyl (C=O) groups excluding carboxylic acids is 1. The Bertz CT molecular complexity index is 2800. The molecular formula is C42H40N10O7. The van der Waals surface area contributed by atoms with E-state index < -0.39 is 5.97 Å². The van der Waals surface area contributed by atoms with Crippen molar-refractivity contribution in [2.24, 2.45) is 5.73 Å². The molecule has 0 atom stereocenters. The van der Waals surface area contributed by atoms with Crippen molar-refractivity contribution in [2.45, 2.75) is 51.0 Å². The van der Waals surface area contributed by atoms with E-state index in [1.165, 1.54) is 25.1 Å². The zero-order valence-electron chi connectivity index (χ0n) is 32.2. The standard InChI is InChI=1S/C21H19N5O3.C18H14N4O4.C3H7N/c1-28-15-5-6-16-17(10-15)22-9-8-18(16)29-12-20-25-24-19-7-2-13(11-26(19)20)21(27)23-14-3-4-14;1-25-12-3-4-13-14(8-12)19-7-6-15(13)26-10-17-21-20-16-5-2-11(18(23)24)9-22(16)17;4-3-1-2-3/h2,5-11,14H,3-4,12H2,1H3,(H,23,27);2-9H,10H2,1H3,(H,23,24);3H,1-2,4H2. The summed E-state index contributed by atoms with van der Waals surface area (Å²) >= 11 is 0. The molecule has 6 aromatic heterocycles. The molecule has 2 aromatic carbocycles. The Morgan fingerprint density at radius 1 is 0.695 bits per heavy atom. The van der Waals surface area contributed by atoms with E-state index in [4.69, 9.17) is 29.8 Å². The summed E-state index contributed by atoms with van der Waals surface area (Å²) in [5.41, 5.74) is 8.70. The van der Waals surface area contributed by atoms with Gasteiger partial charge >= 0.3 is 5.97 Å². The van der Waals surface area contributed by atoms with Crippen molar-refractivity contribution in [3.8, 4) is 23.0 Å². The summed E-state index contributed by atoms with van der Waals surface area (Å²) in [4.78, 5) is 32.2. The molecule has 6 heterocycles. The third-order valence-corrected chi connectivity index (χ3v) is 9.52. The molecule has 0 aliphatic heterocycles. The fourth-order valence-corrected chi connectivity index (χ4v) is 5.92. The number of carboxylic acid groups (broad SMARTS) is 1. The lowest BCUT2D eigenvalue weighted by Gasteiger charge is -2.09. The van der Waals surface area contributed by atoms with Crippen molar-refractivity contribution >= 4 is 45.0 Å². The normalized spacial score (nSPS) is 13.3. The molecule has 0 bridgehead atoms. The van der Waals surface area contributed by atoms with Gasteiger partial charge in [-0.25, -0.2) is 4.79 Å². The first-order valence-corrected chi connectivity index (χ1v) is 18.8. The molecule has 300 valence electrons. The maximum atomic E-state index is 12.3. The van der Waals surface area contributed by atoms with E-state index in [0.717, 1.165) is 40.4 Å². The summed E-state index contributed by atoms with van der Waals surface area (Å²) in [6, 6.07) is 22.3. The molecule has 4 N–H and O–H groups in total. The van der Waals surface area contributed by atoms with Crippen LogP contribution in [0.1, 0.15) is 58.0 Å². The molecule has 0 unspecified atom stereocenters. The third-order valence-electron chi connectivity index (χ3n) is 9.52. The molecule has 17 heteroatoms. The summed E-state index contributed by atoms with van der Waals surface area (Å²) < 4.78 is 25.8. The van der Waals surface area contributed by atoms with Gasteiger partial charge in [-0.15, -0.1) is 20.4 Å². The Hall–Kier alpha value is -7.40. The summed E-state index contributed by atoms with van der Waals surface area (Å²) in [6.07, 6.45) is 11.2. The lowest BCUT2D eigenvalue weighted by Crippen LogP contribution is -2.25. The maximum Gasteiger partial charge on any atom is 0.337 e. The van der Waals surface area contributed by atoms with Crippen molar-refractivity contribution in [2.75, 3.05) is 14.2 Å². The minimum atomic E-state index is -1.01. The van der Waals surface area contributed by atoms with Gasteiger partial charge in [0.2, 0.25) is 0 Å². The van der Waals surface area contributed by atoms with E-state index in [1.807, 2.05) is 42.5 Å². The highest BCUT2D eigenvalue weighted by atomic mass is 16.5. The van der Waals surface area contributed by atoms with Gasteiger partial charge in [-0.1, -0.05) is 0 Å². The predicted molar refractivity (Wildman–Crippen MR) is 216 cm³/mol. The van der Waals surface area contributed by atoms with Crippen LogP contribution in [0.2, 0.25) is 0 Å². The fourth-order valence-electron chi connectivity index (χ4n) is 5.92. The summed E-state index contributed by atoms with van der Waals surface area (Å²) in [6.45, 7) is 0.343. The van der Waals surface area contributed by atoms with Gasteiger partial charge in [0.1, 0.15) is 36.2 Å². The number of pyridine rings is 4. The molecule has 0 spiro atoms. The highest BCUT2D eigenvalue weighted by Crippen LogP contribution is 2.29. The van der Waals surface area contributed by atoms with Crippen molar-refractivity contribution in [1.82, 2.24) is 44.5 Å². The second-order valence-electron chi connectivity index (χ2n) is 13.9. The van der Waals surface area contributed by atoms with Crippen LogP contribution in [-0.2, 0) is 13.2 Å². The van der Waals surface area contributed by atoms with Crippen LogP contribution in [0.3, 0.4) is 0 Å². The van der Waals surface area contributed by atoms with Gasteiger partial charge in [0.05, 0.1) is 36.4 Å². The number of nitrogens with one attached hydrogen (secondary N) is 1. The van der Waals surface area contributed by atoms with Gasteiger partial charge in [0, 0.05) is 59.8 Å². The van der Waals surface area contributed by atoms with Crippen LogP contribution in [0.15, 0.2) is 97.6 Å². The number of ether oxygens (including phenoxy) is 4. The molecular weight excluding hydrogens is 757 g/mol. The Balaban J connectivity index is 0.000000150. The fraction of sp³-hybridized carbons (Fsp3) is 0.238. The van der Waals surface area contributed by atoms with Crippen LogP contribution in [-0.4, -0.2) is 82.5 Å². The zero-order valence-corrected chi connectivity index (χ0v) is 32.2. The van der Waals surface area contributed by atoms with Crippen LogP contribution in [0, 0.1) is 0 Å². The van der Waals surface area contributed by atoms with E-state index in [-0.39, 0.29) is 24.7 Å². The summed E-state index contributed by atoms with van der Waals surface area (Å²) in [5.74, 6) is 2.81. The smallest absolute Gasteiger partial charge is 0.337 e. The van der Waals surface area contributed by atoms with E-state index in [1.54, 1.807) is 65.9 Å². The largest absolute Gasteiger partial charge is 0.497 e. The molecule has 2 aliphatic carbocycles. The van der Waals surface area contributed by atoms with Gasteiger partial charge in [-0.3, -0.25) is 23.6 Å². The number of methoxy groups -OCH3 is 2. The molecule has 10 rings (SSSR count). The molecule has 2 fully saturated rings.